The summed E-state index contributed by atoms with van der Waals surface area (Å²) in [6.45, 7) is 4.62. The van der Waals surface area contributed by atoms with Crippen LogP contribution < -0.4 is 15.8 Å². The number of aromatic nitrogens is 2. The summed E-state index contributed by atoms with van der Waals surface area (Å²) in [5, 5.41) is 9.64. The fourth-order valence-corrected chi connectivity index (χ4v) is 7.00. The van der Waals surface area contributed by atoms with E-state index < -0.39 is 10.0 Å². The van der Waals surface area contributed by atoms with Crippen molar-refractivity contribution in [2.75, 3.05) is 42.9 Å². The second-order valence-electron chi connectivity index (χ2n) is 8.98. The number of hydrogen-bond acceptors (Lipinski definition) is 7. The molecule has 0 saturated carbocycles. The van der Waals surface area contributed by atoms with E-state index in [1.807, 2.05) is 30.3 Å². The third-order valence-corrected chi connectivity index (χ3v) is 9.73. The van der Waals surface area contributed by atoms with Crippen molar-refractivity contribution in [3.05, 3.63) is 64.4 Å². The summed E-state index contributed by atoms with van der Waals surface area (Å²) >= 11 is 1.23. The number of thiophene rings is 1. The number of para-hydroxylation sites is 1. The summed E-state index contributed by atoms with van der Waals surface area (Å²) in [5.41, 5.74) is 1.77. The van der Waals surface area contributed by atoms with Gasteiger partial charge < -0.3 is 10.2 Å². The summed E-state index contributed by atoms with van der Waals surface area (Å²) in [7, 11) is -3.48. The van der Waals surface area contributed by atoms with Crippen LogP contribution in [0.3, 0.4) is 0 Å². The first-order chi connectivity index (χ1) is 17.5. The molecular formula is C26H35N5O3S2. The second kappa shape index (κ2) is 12.5. The monoisotopic (exact) mass is 529 g/mol. The molecule has 1 aromatic carbocycles. The van der Waals surface area contributed by atoms with Gasteiger partial charge in [-0.1, -0.05) is 63.3 Å². The Morgan fingerprint density at radius 2 is 1.67 bits per heavy atom. The molecule has 194 valence electrons. The Kier molecular flexibility index (Phi) is 9.17. The van der Waals surface area contributed by atoms with Gasteiger partial charge in [0.1, 0.15) is 9.90 Å². The number of nitrogens with one attached hydrogen (secondary N) is 1. The van der Waals surface area contributed by atoms with E-state index in [4.69, 9.17) is 0 Å². The van der Waals surface area contributed by atoms with Gasteiger partial charge in [-0.05, 0) is 30.0 Å². The molecule has 0 amide bonds. The predicted octanol–water partition coefficient (Wildman–Crippen LogP) is 4.58. The molecule has 0 aliphatic carbocycles. The average molecular weight is 530 g/mol. The van der Waals surface area contributed by atoms with Crippen molar-refractivity contribution in [1.82, 2.24) is 14.1 Å². The van der Waals surface area contributed by atoms with Crippen LogP contribution in [0.5, 0.6) is 0 Å². The van der Waals surface area contributed by atoms with E-state index in [0.29, 0.717) is 48.3 Å². The van der Waals surface area contributed by atoms with Gasteiger partial charge in [-0.15, -0.1) is 11.3 Å². The molecule has 10 heteroatoms. The maximum atomic E-state index is 13.5. The number of nitrogens with zero attached hydrogens (tertiary/aromatic N) is 4. The number of rotatable bonds is 12. The van der Waals surface area contributed by atoms with Crippen LogP contribution in [-0.2, 0) is 10.0 Å². The van der Waals surface area contributed by atoms with E-state index in [1.54, 1.807) is 23.7 Å². The molecule has 8 nitrogen and oxygen atoms in total. The van der Waals surface area contributed by atoms with Crippen LogP contribution in [0.2, 0.25) is 0 Å². The van der Waals surface area contributed by atoms with Gasteiger partial charge in [0.15, 0.2) is 0 Å². The van der Waals surface area contributed by atoms with Crippen molar-refractivity contribution in [2.24, 2.45) is 0 Å². The highest BCUT2D eigenvalue weighted by Gasteiger charge is 2.30. The van der Waals surface area contributed by atoms with E-state index in [2.05, 4.69) is 22.2 Å². The normalized spacial score (nSPS) is 14.8. The molecule has 0 bridgehead atoms. The molecule has 36 heavy (non-hydrogen) atoms. The molecular weight excluding hydrogens is 494 g/mol. The van der Waals surface area contributed by atoms with Gasteiger partial charge in [0, 0.05) is 32.7 Å². The summed E-state index contributed by atoms with van der Waals surface area (Å²) in [6.07, 6.45) is 8.77. The largest absolute Gasteiger partial charge is 0.379 e. The molecule has 0 spiro atoms. The van der Waals surface area contributed by atoms with Crippen molar-refractivity contribution < 1.29 is 8.42 Å². The van der Waals surface area contributed by atoms with Crippen LogP contribution in [0.25, 0.3) is 5.69 Å². The zero-order valence-electron chi connectivity index (χ0n) is 20.8. The Morgan fingerprint density at radius 1 is 0.944 bits per heavy atom. The van der Waals surface area contributed by atoms with Crippen molar-refractivity contribution in [3.63, 3.8) is 0 Å². The quantitative estimate of drug-likeness (QED) is 0.346. The fourth-order valence-electron chi connectivity index (χ4n) is 4.43. The third-order valence-electron chi connectivity index (χ3n) is 6.46. The van der Waals surface area contributed by atoms with Crippen LogP contribution in [0.1, 0.15) is 45.4 Å². The van der Waals surface area contributed by atoms with Gasteiger partial charge in [0.2, 0.25) is 0 Å². The van der Waals surface area contributed by atoms with Crippen molar-refractivity contribution in [2.45, 2.75) is 49.7 Å². The molecule has 3 aromatic rings. The first kappa shape index (κ1) is 26.4. The van der Waals surface area contributed by atoms with E-state index in [9.17, 15) is 13.2 Å². The Bertz CT molecular complexity index is 1250. The Balaban J connectivity index is 1.50. The van der Waals surface area contributed by atoms with Gasteiger partial charge in [0.25, 0.3) is 15.6 Å². The van der Waals surface area contributed by atoms with Gasteiger partial charge in [0.05, 0.1) is 17.6 Å². The molecule has 1 N–H and O–H groups in total. The lowest BCUT2D eigenvalue weighted by Gasteiger charge is -2.35. The van der Waals surface area contributed by atoms with Crippen LogP contribution >= 0.6 is 11.3 Å². The molecule has 2 aromatic heterocycles. The SMILES string of the molecule is CCCCCCCCNc1c(N2CCN(S(=O)(=O)c3cccs3)CC2)cnn(-c2ccccc2)c1=O. The Morgan fingerprint density at radius 3 is 2.36 bits per heavy atom. The molecule has 0 radical (unpaired) electrons. The van der Waals surface area contributed by atoms with Crippen molar-refractivity contribution in [1.29, 1.82) is 0 Å². The van der Waals surface area contributed by atoms with E-state index in [-0.39, 0.29) is 5.56 Å². The molecule has 1 aliphatic heterocycles. The summed E-state index contributed by atoms with van der Waals surface area (Å²) in [5.74, 6) is 0. The minimum absolute atomic E-state index is 0.196. The maximum Gasteiger partial charge on any atom is 0.296 e. The maximum absolute atomic E-state index is 13.5. The summed E-state index contributed by atoms with van der Waals surface area (Å²) < 4.78 is 29.2. The van der Waals surface area contributed by atoms with Crippen LogP contribution in [-0.4, -0.2) is 55.2 Å². The van der Waals surface area contributed by atoms with Crippen molar-refractivity contribution >= 4 is 32.7 Å². The highest BCUT2D eigenvalue weighted by Crippen LogP contribution is 2.27. The predicted molar refractivity (Wildman–Crippen MR) is 147 cm³/mol. The minimum Gasteiger partial charge on any atom is -0.379 e. The first-order valence-electron chi connectivity index (χ1n) is 12.7. The van der Waals surface area contributed by atoms with Gasteiger partial charge in [-0.3, -0.25) is 4.79 Å². The number of unbranched alkanes of at least 4 members (excludes halogenated alkanes) is 5. The average Bonchev–Trinajstić information content (AvgIpc) is 3.46. The topological polar surface area (TPSA) is 87.5 Å². The van der Waals surface area contributed by atoms with Gasteiger partial charge >= 0.3 is 0 Å². The number of piperazine rings is 1. The smallest absolute Gasteiger partial charge is 0.296 e. The van der Waals surface area contributed by atoms with Crippen molar-refractivity contribution in [3.8, 4) is 5.69 Å². The third kappa shape index (κ3) is 6.16. The molecule has 1 fully saturated rings. The zero-order valence-corrected chi connectivity index (χ0v) is 22.4. The molecule has 0 atom stereocenters. The summed E-state index contributed by atoms with van der Waals surface area (Å²) in [4.78, 5) is 15.6. The molecule has 1 aliphatic rings. The van der Waals surface area contributed by atoms with E-state index in [1.165, 1.54) is 46.0 Å². The molecule has 3 heterocycles. The minimum atomic E-state index is -3.48. The lowest BCUT2D eigenvalue weighted by molar-refractivity contribution is 0.385. The fraction of sp³-hybridized carbons (Fsp3) is 0.462. The van der Waals surface area contributed by atoms with Gasteiger partial charge in [-0.2, -0.15) is 14.1 Å². The number of hydrogen-bond donors (Lipinski definition) is 1. The standard InChI is InChI=1S/C26H35N5O3S2/c1-2-3-4-5-6-10-15-27-25-23(21-28-31(26(25)32)22-12-8-7-9-13-22)29-16-18-30(19-17-29)36(33,34)24-14-11-20-35-24/h7-9,11-14,20-21,27H,2-6,10,15-19H2,1H3. The highest BCUT2D eigenvalue weighted by atomic mass is 32.2. The first-order valence-corrected chi connectivity index (χ1v) is 15.0. The van der Waals surface area contributed by atoms with Crippen LogP contribution in [0, 0.1) is 0 Å². The lowest BCUT2D eigenvalue weighted by Crippen LogP contribution is -2.49. The van der Waals surface area contributed by atoms with E-state index in [0.717, 1.165) is 18.5 Å². The van der Waals surface area contributed by atoms with Gasteiger partial charge in [-0.25, -0.2) is 8.42 Å². The van der Waals surface area contributed by atoms with E-state index >= 15 is 0 Å². The molecule has 0 unspecified atom stereocenters. The molecule has 4 rings (SSSR count). The number of benzene rings is 1. The summed E-state index contributed by atoms with van der Waals surface area (Å²) in [6, 6.07) is 12.8. The zero-order chi connectivity index (χ0) is 25.4. The lowest BCUT2D eigenvalue weighted by atomic mass is 10.1. The number of anilines is 2. The Labute approximate surface area is 217 Å². The highest BCUT2D eigenvalue weighted by molar-refractivity contribution is 7.91. The Hall–Kier alpha value is -2.69. The van der Waals surface area contributed by atoms with Crippen LogP contribution in [0.4, 0.5) is 11.4 Å². The van der Waals surface area contributed by atoms with Crippen LogP contribution in [0.15, 0.2) is 63.0 Å². The molecule has 1 saturated heterocycles. The number of sulfonamides is 1. The second-order valence-corrected chi connectivity index (χ2v) is 12.1.